The highest BCUT2D eigenvalue weighted by Gasteiger charge is 2.32. The SMILES string of the molecule is CCOC(=O)[C@H](NC(=O)OC(C)(C)C)[C@@H](O)c1cccc(F)c1. The lowest BCUT2D eigenvalue weighted by atomic mass is 10.0. The standard InChI is InChI=1S/C16H22FNO5/c1-5-22-14(20)12(18-15(21)23-16(2,3)4)13(19)10-7-6-8-11(17)9-10/h6-9,12-13,19H,5H2,1-4H3,(H,18,21)/t12-,13+/m1/s1. The number of amides is 1. The van der Waals surface area contributed by atoms with Gasteiger partial charge in [-0.05, 0) is 45.4 Å². The minimum atomic E-state index is -1.47. The largest absolute Gasteiger partial charge is 0.464 e. The third-order valence-electron chi connectivity index (χ3n) is 2.72. The lowest BCUT2D eigenvalue weighted by Crippen LogP contribution is -2.47. The number of alkyl carbamates (subject to hydrolysis) is 1. The maximum Gasteiger partial charge on any atom is 0.408 e. The summed E-state index contributed by atoms with van der Waals surface area (Å²) in [5, 5.41) is 12.6. The van der Waals surface area contributed by atoms with Gasteiger partial charge in [-0.15, -0.1) is 0 Å². The quantitative estimate of drug-likeness (QED) is 0.811. The molecular weight excluding hydrogens is 305 g/mol. The molecule has 0 saturated carbocycles. The van der Waals surface area contributed by atoms with Gasteiger partial charge >= 0.3 is 12.1 Å². The van der Waals surface area contributed by atoms with E-state index in [9.17, 15) is 19.1 Å². The maximum atomic E-state index is 13.3. The second-order valence-corrected chi connectivity index (χ2v) is 5.88. The van der Waals surface area contributed by atoms with Crippen LogP contribution in [0.4, 0.5) is 9.18 Å². The molecule has 0 aromatic heterocycles. The predicted octanol–water partition coefficient (Wildman–Crippen LogP) is 2.32. The molecule has 0 fully saturated rings. The van der Waals surface area contributed by atoms with Gasteiger partial charge in [0.1, 0.15) is 17.5 Å². The highest BCUT2D eigenvalue weighted by atomic mass is 19.1. The van der Waals surface area contributed by atoms with Crippen LogP contribution in [-0.4, -0.2) is 35.4 Å². The first kappa shape index (κ1) is 18.9. The van der Waals surface area contributed by atoms with E-state index in [-0.39, 0.29) is 12.2 Å². The van der Waals surface area contributed by atoms with Crippen molar-refractivity contribution in [2.45, 2.75) is 45.4 Å². The van der Waals surface area contributed by atoms with Gasteiger partial charge in [-0.2, -0.15) is 0 Å². The van der Waals surface area contributed by atoms with Gasteiger partial charge < -0.3 is 19.9 Å². The fourth-order valence-electron chi connectivity index (χ4n) is 1.82. The fraction of sp³-hybridized carbons (Fsp3) is 0.500. The first-order valence-electron chi connectivity index (χ1n) is 7.23. The van der Waals surface area contributed by atoms with Crippen LogP contribution in [0.3, 0.4) is 0 Å². The lowest BCUT2D eigenvalue weighted by Gasteiger charge is -2.25. The molecule has 0 spiro atoms. The molecule has 0 heterocycles. The highest BCUT2D eigenvalue weighted by molar-refractivity contribution is 5.82. The Bertz CT molecular complexity index is 556. The van der Waals surface area contributed by atoms with Gasteiger partial charge in [-0.25, -0.2) is 14.0 Å². The van der Waals surface area contributed by atoms with Crippen LogP contribution in [0.15, 0.2) is 24.3 Å². The van der Waals surface area contributed by atoms with Gasteiger partial charge in [0.25, 0.3) is 0 Å². The number of halogens is 1. The maximum absolute atomic E-state index is 13.3. The van der Waals surface area contributed by atoms with Crippen LogP contribution < -0.4 is 5.32 Å². The van der Waals surface area contributed by atoms with Gasteiger partial charge in [0.2, 0.25) is 0 Å². The van der Waals surface area contributed by atoms with Crippen molar-refractivity contribution in [3.63, 3.8) is 0 Å². The topological polar surface area (TPSA) is 84.9 Å². The summed E-state index contributed by atoms with van der Waals surface area (Å²) >= 11 is 0. The number of rotatable bonds is 5. The summed E-state index contributed by atoms with van der Waals surface area (Å²) in [6.07, 6.45) is -2.36. The number of aliphatic hydroxyl groups is 1. The molecule has 2 N–H and O–H groups in total. The van der Waals surface area contributed by atoms with Crippen molar-refractivity contribution in [1.82, 2.24) is 5.32 Å². The molecule has 2 atom stereocenters. The molecule has 1 amide bonds. The average Bonchev–Trinajstić information content (AvgIpc) is 2.42. The van der Waals surface area contributed by atoms with Crippen LogP contribution >= 0.6 is 0 Å². The molecule has 0 aliphatic heterocycles. The number of aliphatic hydroxyl groups excluding tert-OH is 1. The molecule has 128 valence electrons. The zero-order valence-corrected chi connectivity index (χ0v) is 13.6. The third-order valence-corrected chi connectivity index (χ3v) is 2.72. The van der Waals surface area contributed by atoms with E-state index in [2.05, 4.69) is 5.32 Å². The molecule has 0 bridgehead atoms. The normalized spacial score (nSPS) is 13.8. The first-order valence-corrected chi connectivity index (χ1v) is 7.23. The van der Waals surface area contributed by atoms with E-state index < -0.39 is 35.6 Å². The Morgan fingerprint density at radius 2 is 2.00 bits per heavy atom. The summed E-state index contributed by atoms with van der Waals surface area (Å²) < 4.78 is 23.2. The fourth-order valence-corrected chi connectivity index (χ4v) is 1.82. The number of nitrogens with one attached hydrogen (secondary N) is 1. The van der Waals surface area contributed by atoms with Crippen LogP contribution in [0.1, 0.15) is 39.4 Å². The van der Waals surface area contributed by atoms with Gasteiger partial charge in [0.15, 0.2) is 6.04 Å². The molecule has 1 rings (SSSR count). The second kappa shape index (κ2) is 7.92. The molecule has 0 saturated heterocycles. The molecule has 0 unspecified atom stereocenters. The molecule has 23 heavy (non-hydrogen) atoms. The van der Waals surface area contributed by atoms with E-state index in [1.54, 1.807) is 27.7 Å². The Balaban J connectivity index is 2.96. The molecular formula is C16H22FNO5. The Labute approximate surface area is 134 Å². The van der Waals surface area contributed by atoms with E-state index in [0.717, 1.165) is 6.07 Å². The lowest BCUT2D eigenvalue weighted by molar-refractivity contribution is -0.148. The number of esters is 1. The number of benzene rings is 1. The predicted molar refractivity (Wildman–Crippen MR) is 81.2 cm³/mol. The van der Waals surface area contributed by atoms with Crippen LogP contribution in [0.5, 0.6) is 0 Å². The molecule has 6 nitrogen and oxygen atoms in total. The molecule has 1 aromatic rings. The van der Waals surface area contributed by atoms with Crippen LogP contribution in [0.25, 0.3) is 0 Å². The summed E-state index contributed by atoms with van der Waals surface area (Å²) in [7, 11) is 0. The summed E-state index contributed by atoms with van der Waals surface area (Å²) in [5.74, 6) is -1.41. The van der Waals surface area contributed by atoms with E-state index >= 15 is 0 Å². The molecule has 0 aliphatic carbocycles. The van der Waals surface area contributed by atoms with Crippen molar-refractivity contribution in [1.29, 1.82) is 0 Å². The summed E-state index contributed by atoms with van der Waals surface area (Å²) in [6, 6.07) is 3.71. The highest BCUT2D eigenvalue weighted by Crippen LogP contribution is 2.19. The van der Waals surface area contributed by atoms with E-state index in [4.69, 9.17) is 9.47 Å². The van der Waals surface area contributed by atoms with Gasteiger partial charge in [-0.3, -0.25) is 0 Å². The Morgan fingerprint density at radius 3 is 2.52 bits per heavy atom. The number of carbonyl (C=O) groups is 2. The third kappa shape index (κ3) is 6.23. The number of carbonyl (C=O) groups excluding carboxylic acids is 2. The minimum absolute atomic E-state index is 0.0706. The van der Waals surface area contributed by atoms with Gasteiger partial charge in [-0.1, -0.05) is 12.1 Å². The van der Waals surface area contributed by atoms with E-state index in [1.807, 2.05) is 0 Å². The van der Waals surface area contributed by atoms with Crippen molar-refractivity contribution in [2.75, 3.05) is 6.61 Å². The summed E-state index contributed by atoms with van der Waals surface area (Å²) in [4.78, 5) is 23.9. The van der Waals surface area contributed by atoms with Crippen LogP contribution in [-0.2, 0) is 14.3 Å². The van der Waals surface area contributed by atoms with Crippen molar-refractivity contribution in [2.24, 2.45) is 0 Å². The monoisotopic (exact) mass is 327 g/mol. The second-order valence-electron chi connectivity index (χ2n) is 5.88. The van der Waals surface area contributed by atoms with Crippen molar-refractivity contribution in [3.05, 3.63) is 35.6 Å². The Hall–Kier alpha value is -2.15. The summed E-state index contributed by atoms with van der Waals surface area (Å²) in [5.41, 5.74) is -0.633. The molecule has 0 aliphatic rings. The van der Waals surface area contributed by atoms with Gasteiger partial charge in [0.05, 0.1) is 6.61 Å². The summed E-state index contributed by atoms with van der Waals surface area (Å²) in [6.45, 7) is 6.65. The van der Waals surface area contributed by atoms with E-state index in [0.29, 0.717) is 0 Å². The Kier molecular flexibility index (Phi) is 6.50. The van der Waals surface area contributed by atoms with Crippen LogP contribution in [0.2, 0.25) is 0 Å². The Morgan fingerprint density at radius 1 is 1.35 bits per heavy atom. The first-order chi connectivity index (χ1) is 10.6. The smallest absolute Gasteiger partial charge is 0.408 e. The average molecular weight is 327 g/mol. The molecule has 7 heteroatoms. The zero-order valence-electron chi connectivity index (χ0n) is 13.6. The van der Waals surface area contributed by atoms with Crippen molar-refractivity contribution >= 4 is 12.1 Å². The van der Waals surface area contributed by atoms with Crippen molar-refractivity contribution < 1.29 is 28.6 Å². The zero-order chi connectivity index (χ0) is 17.6. The van der Waals surface area contributed by atoms with Crippen LogP contribution in [0, 0.1) is 5.82 Å². The van der Waals surface area contributed by atoms with Gasteiger partial charge in [0, 0.05) is 0 Å². The molecule has 0 radical (unpaired) electrons. The molecule has 1 aromatic carbocycles. The van der Waals surface area contributed by atoms with Crippen molar-refractivity contribution in [3.8, 4) is 0 Å². The number of hydrogen-bond donors (Lipinski definition) is 2. The number of ether oxygens (including phenoxy) is 2. The van der Waals surface area contributed by atoms with E-state index in [1.165, 1.54) is 18.2 Å². The minimum Gasteiger partial charge on any atom is -0.464 e. The number of hydrogen-bond acceptors (Lipinski definition) is 5.